The summed E-state index contributed by atoms with van der Waals surface area (Å²) in [4.78, 5) is 36.1. The van der Waals surface area contributed by atoms with Gasteiger partial charge in [0.05, 0.1) is 7.11 Å². The lowest BCUT2D eigenvalue weighted by Gasteiger charge is -2.26. The quantitative estimate of drug-likeness (QED) is 0.815. The maximum atomic E-state index is 12.5. The summed E-state index contributed by atoms with van der Waals surface area (Å²) in [7, 11) is 1.19. The lowest BCUT2D eigenvalue weighted by Crippen LogP contribution is -2.43. The molecule has 130 valence electrons. The largest absolute Gasteiger partial charge is 0.466 e. The summed E-state index contributed by atoms with van der Waals surface area (Å²) in [5.41, 5.74) is 1.04. The Labute approximate surface area is 145 Å². The molecule has 0 fully saturated rings. The van der Waals surface area contributed by atoms with Gasteiger partial charge in [0.25, 0.3) is 5.91 Å². The molecule has 1 amide bonds. The Bertz CT molecular complexity index is 730. The van der Waals surface area contributed by atoms with Crippen LogP contribution in [0.2, 0.25) is 0 Å². The molecule has 0 radical (unpaired) electrons. The Morgan fingerprint density at radius 2 is 1.48 bits per heavy atom. The van der Waals surface area contributed by atoms with E-state index >= 15 is 0 Å². The minimum Gasteiger partial charge on any atom is -0.466 e. The van der Waals surface area contributed by atoms with Crippen molar-refractivity contribution in [3.8, 4) is 0 Å². The Morgan fingerprint density at radius 1 is 0.920 bits per heavy atom. The van der Waals surface area contributed by atoms with Gasteiger partial charge < -0.3 is 14.8 Å². The SMILES string of the molecule is COC(=O)[C@H](OC(C)=O)[C@@H](NC(=O)c1ccccc1)c1ccccc1. The van der Waals surface area contributed by atoms with Gasteiger partial charge in [-0.2, -0.15) is 0 Å². The van der Waals surface area contributed by atoms with Gasteiger partial charge in [0, 0.05) is 12.5 Å². The summed E-state index contributed by atoms with van der Waals surface area (Å²) in [6.45, 7) is 1.19. The van der Waals surface area contributed by atoms with Gasteiger partial charge in [-0.05, 0) is 17.7 Å². The van der Waals surface area contributed by atoms with Crippen molar-refractivity contribution in [2.24, 2.45) is 0 Å². The number of amides is 1. The molecule has 0 saturated carbocycles. The molecule has 1 N–H and O–H groups in total. The van der Waals surface area contributed by atoms with E-state index in [1.165, 1.54) is 14.0 Å². The maximum absolute atomic E-state index is 12.5. The van der Waals surface area contributed by atoms with Gasteiger partial charge in [-0.1, -0.05) is 48.5 Å². The number of esters is 2. The van der Waals surface area contributed by atoms with E-state index in [4.69, 9.17) is 9.47 Å². The predicted molar refractivity (Wildman–Crippen MR) is 90.7 cm³/mol. The molecule has 0 aliphatic heterocycles. The number of hydrogen-bond donors (Lipinski definition) is 1. The molecular formula is C19H19NO5. The Morgan fingerprint density at radius 3 is 2.00 bits per heavy atom. The van der Waals surface area contributed by atoms with Crippen LogP contribution in [0, 0.1) is 0 Å². The fourth-order valence-corrected chi connectivity index (χ4v) is 2.36. The molecule has 6 heteroatoms. The van der Waals surface area contributed by atoms with Crippen LogP contribution >= 0.6 is 0 Å². The summed E-state index contributed by atoms with van der Waals surface area (Å²) in [5.74, 6) is -1.79. The van der Waals surface area contributed by atoms with Crippen LogP contribution in [0.3, 0.4) is 0 Å². The highest BCUT2D eigenvalue weighted by molar-refractivity contribution is 5.95. The maximum Gasteiger partial charge on any atom is 0.349 e. The summed E-state index contributed by atoms with van der Waals surface area (Å²) >= 11 is 0. The van der Waals surface area contributed by atoms with Gasteiger partial charge in [-0.25, -0.2) is 4.79 Å². The molecule has 2 aromatic rings. The molecular weight excluding hydrogens is 322 g/mol. The van der Waals surface area contributed by atoms with Crippen molar-refractivity contribution < 1.29 is 23.9 Å². The number of rotatable bonds is 6. The first-order valence-electron chi connectivity index (χ1n) is 7.69. The Hall–Kier alpha value is -3.15. The number of hydrogen-bond acceptors (Lipinski definition) is 5. The second-order valence-electron chi connectivity index (χ2n) is 5.28. The first-order chi connectivity index (χ1) is 12.0. The highest BCUT2D eigenvalue weighted by Crippen LogP contribution is 2.21. The van der Waals surface area contributed by atoms with Gasteiger partial charge in [-0.15, -0.1) is 0 Å². The molecule has 2 aromatic carbocycles. The number of ether oxygens (including phenoxy) is 2. The molecule has 0 bridgehead atoms. The number of methoxy groups -OCH3 is 1. The monoisotopic (exact) mass is 341 g/mol. The van der Waals surface area contributed by atoms with Crippen molar-refractivity contribution in [3.05, 3.63) is 71.8 Å². The molecule has 0 unspecified atom stereocenters. The van der Waals surface area contributed by atoms with E-state index in [1.807, 2.05) is 0 Å². The number of nitrogens with one attached hydrogen (secondary N) is 1. The zero-order chi connectivity index (χ0) is 18.2. The van der Waals surface area contributed by atoms with Crippen molar-refractivity contribution in [3.63, 3.8) is 0 Å². The molecule has 0 saturated heterocycles. The molecule has 0 aromatic heterocycles. The standard InChI is InChI=1S/C19H19NO5/c1-13(21)25-17(19(23)24-2)16(14-9-5-3-6-10-14)20-18(22)15-11-7-4-8-12-15/h3-12,16-17H,1-2H3,(H,20,22)/t16-,17+/m0/s1. The van der Waals surface area contributed by atoms with Crippen LogP contribution in [0.15, 0.2) is 60.7 Å². The van der Waals surface area contributed by atoms with Gasteiger partial charge >= 0.3 is 11.9 Å². The second kappa shape index (κ2) is 8.63. The smallest absolute Gasteiger partial charge is 0.349 e. The van der Waals surface area contributed by atoms with Crippen molar-refractivity contribution in [2.75, 3.05) is 7.11 Å². The number of carbonyl (C=O) groups excluding carboxylic acids is 3. The van der Waals surface area contributed by atoms with E-state index in [0.29, 0.717) is 11.1 Å². The first kappa shape index (κ1) is 18.2. The molecule has 0 heterocycles. The van der Waals surface area contributed by atoms with Crippen LogP contribution in [0.5, 0.6) is 0 Å². The average molecular weight is 341 g/mol. The third kappa shape index (κ3) is 4.91. The van der Waals surface area contributed by atoms with E-state index in [9.17, 15) is 14.4 Å². The van der Waals surface area contributed by atoms with Crippen LogP contribution in [0.4, 0.5) is 0 Å². The lowest BCUT2D eigenvalue weighted by atomic mass is 10.0. The Kier molecular flexibility index (Phi) is 6.28. The summed E-state index contributed by atoms with van der Waals surface area (Å²) in [6, 6.07) is 16.5. The fourth-order valence-electron chi connectivity index (χ4n) is 2.36. The minimum absolute atomic E-state index is 0.393. The highest BCUT2D eigenvalue weighted by atomic mass is 16.6. The van der Waals surface area contributed by atoms with Crippen LogP contribution in [0.1, 0.15) is 28.9 Å². The van der Waals surface area contributed by atoms with Gasteiger partial charge in [0.1, 0.15) is 6.04 Å². The lowest BCUT2D eigenvalue weighted by molar-refractivity contribution is -0.166. The van der Waals surface area contributed by atoms with E-state index < -0.39 is 30.0 Å². The Balaban J connectivity index is 2.36. The zero-order valence-corrected chi connectivity index (χ0v) is 14.0. The van der Waals surface area contributed by atoms with Crippen LogP contribution < -0.4 is 5.32 Å². The molecule has 0 aliphatic rings. The van der Waals surface area contributed by atoms with E-state index in [-0.39, 0.29) is 0 Å². The predicted octanol–water partition coefficient (Wildman–Crippen LogP) is 2.26. The minimum atomic E-state index is -1.29. The third-order valence-electron chi connectivity index (χ3n) is 3.51. The summed E-state index contributed by atoms with van der Waals surface area (Å²) in [6.07, 6.45) is -1.29. The number of benzene rings is 2. The first-order valence-corrected chi connectivity index (χ1v) is 7.69. The molecule has 6 nitrogen and oxygen atoms in total. The van der Waals surface area contributed by atoms with E-state index in [0.717, 1.165) is 0 Å². The van der Waals surface area contributed by atoms with Crippen molar-refractivity contribution in [2.45, 2.75) is 19.1 Å². The summed E-state index contributed by atoms with van der Waals surface area (Å²) < 4.78 is 9.86. The van der Waals surface area contributed by atoms with Crippen LogP contribution in [0.25, 0.3) is 0 Å². The van der Waals surface area contributed by atoms with Crippen molar-refractivity contribution in [1.29, 1.82) is 0 Å². The highest BCUT2D eigenvalue weighted by Gasteiger charge is 2.34. The van der Waals surface area contributed by atoms with E-state index in [2.05, 4.69) is 5.32 Å². The fraction of sp³-hybridized carbons (Fsp3) is 0.211. The van der Waals surface area contributed by atoms with Crippen molar-refractivity contribution >= 4 is 17.8 Å². The summed E-state index contributed by atoms with van der Waals surface area (Å²) in [5, 5.41) is 2.75. The number of carbonyl (C=O) groups is 3. The molecule has 0 aliphatic carbocycles. The van der Waals surface area contributed by atoms with E-state index in [1.54, 1.807) is 60.7 Å². The molecule has 2 atom stereocenters. The second-order valence-corrected chi connectivity index (χ2v) is 5.28. The topological polar surface area (TPSA) is 81.7 Å². The molecule has 2 rings (SSSR count). The zero-order valence-electron chi connectivity index (χ0n) is 14.0. The third-order valence-corrected chi connectivity index (χ3v) is 3.51. The average Bonchev–Trinajstić information content (AvgIpc) is 2.65. The van der Waals surface area contributed by atoms with Gasteiger partial charge in [-0.3, -0.25) is 9.59 Å². The van der Waals surface area contributed by atoms with Crippen LogP contribution in [-0.2, 0) is 19.1 Å². The van der Waals surface area contributed by atoms with Crippen LogP contribution in [-0.4, -0.2) is 31.1 Å². The van der Waals surface area contributed by atoms with Gasteiger partial charge in [0.15, 0.2) is 0 Å². The van der Waals surface area contributed by atoms with Gasteiger partial charge in [0.2, 0.25) is 6.10 Å². The van der Waals surface area contributed by atoms with Crippen molar-refractivity contribution in [1.82, 2.24) is 5.32 Å². The normalized spacial score (nSPS) is 12.6. The molecule has 25 heavy (non-hydrogen) atoms. The molecule has 0 spiro atoms.